The van der Waals surface area contributed by atoms with E-state index in [0.717, 1.165) is 35.4 Å². The van der Waals surface area contributed by atoms with Gasteiger partial charge < -0.3 is 15.0 Å². The first-order chi connectivity index (χ1) is 12.2. The molecule has 1 aliphatic heterocycles. The molecule has 1 amide bonds. The molecule has 2 aromatic rings. The highest BCUT2D eigenvalue weighted by atomic mass is 32.2. The first-order valence-electron chi connectivity index (χ1n) is 8.38. The van der Waals surface area contributed by atoms with Gasteiger partial charge in [0.25, 0.3) is 0 Å². The molecule has 1 aliphatic rings. The van der Waals surface area contributed by atoms with E-state index in [1.165, 1.54) is 31.0 Å². The van der Waals surface area contributed by atoms with Gasteiger partial charge in [0.2, 0.25) is 5.91 Å². The topological polar surface area (TPSA) is 67.3 Å². The van der Waals surface area contributed by atoms with E-state index >= 15 is 0 Å². The van der Waals surface area contributed by atoms with Gasteiger partial charge in [-0.1, -0.05) is 11.8 Å². The fourth-order valence-electron chi connectivity index (χ4n) is 2.72. The number of aromatic nitrogens is 2. The lowest BCUT2D eigenvalue weighted by molar-refractivity contribution is -0.113. The average molecular weight is 358 g/mol. The van der Waals surface area contributed by atoms with Crippen LogP contribution in [-0.2, 0) is 4.79 Å². The Morgan fingerprint density at radius 2 is 1.96 bits per heavy atom. The minimum atomic E-state index is -0.0618. The van der Waals surface area contributed by atoms with Crippen LogP contribution in [0.1, 0.15) is 19.3 Å². The van der Waals surface area contributed by atoms with Crippen LogP contribution in [0, 0.1) is 0 Å². The first-order valence-corrected chi connectivity index (χ1v) is 9.37. The van der Waals surface area contributed by atoms with Gasteiger partial charge in [0.15, 0.2) is 0 Å². The number of piperidine rings is 1. The highest BCUT2D eigenvalue weighted by Gasteiger charge is 2.13. The van der Waals surface area contributed by atoms with Crippen LogP contribution in [0.15, 0.2) is 41.7 Å². The van der Waals surface area contributed by atoms with Crippen LogP contribution in [0.2, 0.25) is 0 Å². The van der Waals surface area contributed by atoms with Crippen LogP contribution in [0.3, 0.4) is 0 Å². The van der Waals surface area contributed by atoms with Crippen molar-refractivity contribution < 1.29 is 9.53 Å². The fraction of sp³-hybridized carbons (Fsp3) is 0.389. The smallest absolute Gasteiger partial charge is 0.234 e. The van der Waals surface area contributed by atoms with Crippen LogP contribution < -0.4 is 15.0 Å². The van der Waals surface area contributed by atoms with E-state index in [1.54, 1.807) is 13.4 Å². The molecule has 1 fully saturated rings. The van der Waals surface area contributed by atoms with E-state index in [0.29, 0.717) is 5.75 Å². The summed E-state index contributed by atoms with van der Waals surface area (Å²) in [6, 6.07) is 9.24. The number of hydrogen-bond donors (Lipinski definition) is 1. The Morgan fingerprint density at radius 3 is 2.68 bits per heavy atom. The summed E-state index contributed by atoms with van der Waals surface area (Å²) < 4.78 is 5.11. The molecule has 0 aliphatic carbocycles. The lowest BCUT2D eigenvalue weighted by Gasteiger charge is -2.27. The number of hydrogen-bond acceptors (Lipinski definition) is 6. The van der Waals surface area contributed by atoms with Crippen molar-refractivity contribution in [2.75, 3.05) is 36.2 Å². The molecule has 6 nitrogen and oxygen atoms in total. The van der Waals surface area contributed by atoms with E-state index < -0.39 is 0 Å². The minimum Gasteiger partial charge on any atom is -0.497 e. The van der Waals surface area contributed by atoms with E-state index in [9.17, 15) is 4.79 Å². The predicted octanol–water partition coefficient (Wildman–Crippen LogP) is 3.21. The second-order valence-electron chi connectivity index (χ2n) is 5.83. The molecule has 0 unspecified atom stereocenters. The second-order valence-corrected chi connectivity index (χ2v) is 6.82. The number of benzene rings is 1. The molecular formula is C18H22N4O2S. The molecule has 1 aromatic heterocycles. The number of nitrogens with one attached hydrogen (secondary N) is 1. The Kier molecular flexibility index (Phi) is 6.11. The highest BCUT2D eigenvalue weighted by Crippen LogP contribution is 2.22. The summed E-state index contributed by atoms with van der Waals surface area (Å²) in [4.78, 5) is 23.0. The zero-order valence-corrected chi connectivity index (χ0v) is 15.1. The van der Waals surface area contributed by atoms with Crippen LogP contribution >= 0.6 is 11.8 Å². The molecule has 0 saturated carbocycles. The Hall–Kier alpha value is -2.28. The zero-order valence-electron chi connectivity index (χ0n) is 14.3. The Bertz CT molecular complexity index is 702. The van der Waals surface area contributed by atoms with E-state index in [-0.39, 0.29) is 5.91 Å². The van der Waals surface area contributed by atoms with Crippen molar-refractivity contribution in [3.63, 3.8) is 0 Å². The number of carbonyl (C=O) groups excluding carboxylic acids is 1. The number of rotatable bonds is 6. The van der Waals surface area contributed by atoms with E-state index in [2.05, 4.69) is 20.2 Å². The number of methoxy groups -OCH3 is 1. The maximum atomic E-state index is 12.1. The van der Waals surface area contributed by atoms with Crippen molar-refractivity contribution in [2.24, 2.45) is 0 Å². The molecule has 1 N–H and O–H groups in total. The standard InChI is InChI=1S/C18H22N4O2S/c1-24-15-7-5-14(6-8-15)21-17(23)12-25-18-11-16(19-13-20-18)22-9-3-2-4-10-22/h5-8,11,13H,2-4,9-10,12H2,1H3,(H,21,23). The summed E-state index contributed by atoms with van der Waals surface area (Å²) in [5.41, 5.74) is 0.753. The monoisotopic (exact) mass is 358 g/mol. The Morgan fingerprint density at radius 1 is 1.20 bits per heavy atom. The molecule has 3 rings (SSSR count). The molecule has 2 heterocycles. The number of nitrogens with zero attached hydrogens (tertiary/aromatic N) is 3. The summed E-state index contributed by atoms with van der Waals surface area (Å²) in [6.07, 6.45) is 5.27. The normalized spacial score (nSPS) is 14.2. The van der Waals surface area contributed by atoms with Crippen molar-refractivity contribution in [3.05, 3.63) is 36.7 Å². The van der Waals surface area contributed by atoms with Gasteiger partial charge in [0, 0.05) is 24.8 Å². The van der Waals surface area contributed by atoms with Gasteiger partial charge in [-0.15, -0.1) is 0 Å². The SMILES string of the molecule is COc1ccc(NC(=O)CSc2cc(N3CCCCC3)ncn2)cc1. The lowest BCUT2D eigenvalue weighted by Crippen LogP contribution is -2.30. The van der Waals surface area contributed by atoms with Crippen molar-refractivity contribution in [1.82, 2.24) is 9.97 Å². The van der Waals surface area contributed by atoms with Gasteiger partial charge in [-0.05, 0) is 43.5 Å². The molecule has 25 heavy (non-hydrogen) atoms. The maximum absolute atomic E-state index is 12.1. The third-order valence-corrected chi connectivity index (χ3v) is 4.96. The van der Waals surface area contributed by atoms with Crippen LogP contribution in [0.4, 0.5) is 11.5 Å². The van der Waals surface area contributed by atoms with Crippen molar-refractivity contribution in [1.29, 1.82) is 0 Å². The Labute approximate surface area is 152 Å². The van der Waals surface area contributed by atoms with Crippen LogP contribution in [-0.4, -0.2) is 41.8 Å². The predicted molar refractivity (Wildman–Crippen MR) is 100 cm³/mol. The number of thioether (sulfide) groups is 1. The summed E-state index contributed by atoms with van der Waals surface area (Å²) in [7, 11) is 1.62. The first kappa shape index (κ1) is 17.5. The molecular weight excluding hydrogens is 336 g/mol. The van der Waals surface area contributed by atoms with Gasteiger partial charge in [-0.25, -0.2) is 9.97 Å². The average Bonchev–Trinajstić information content (AvgIpc) is 2.68. The van der Waals surface area contributed by atoms with Gasteiger partial charge in [-0.2, -0.15) is 0 Å². The fourth-order valence-corrected chi connectivity index (χ4v) is 3.38. The molecule has 1 saturated heterocycles. The number of ether oxygens (including phenoxy) is 1. The van der Waals surface area contributed by atoms with Crippen LogP contribution in [0.5, 0.6) is 5.75 Å². The third-order valence-electron chi connectivity index (χ3n) is 4.03. The van der Waals surface area contributed by atoms with Gasteiger partial charge >= 0.3 is 0 Å². The highest BCUT2D eigenvalue weighted by molar-refractivity contribution is 7.99. The van der Waals surface area contributed by atoms with Crippen molar-refractivity contribution in [2.45, 2.75) is 24.3 Å². The summed E-state index contributed by atoms with van der Waals surface area (Å²) in [6.45, 7) is 2.08. The van der Waals surface area contributed by atoms with E-state index in [1.807, 2.05) is 30.3 Å². The number of carbonyl (C=O) groups is 1. The molecule has 0 bridgehead atoms. The van der Waals surface area contributed by atoms with Crippen molar-refractivity contribution >= 4 is 29.2 Å². The molecule has 0 radical (unpaired) electrons. The van der Waals surface area contributed by atoms with Gasteiger partial charge in [0.05, 0.1) is 12.9 Å². The quantitative estimate of drug-likeness (QED) is 0.632. The second kappa shape index (κ2) is 8.71. The largest absolute Gasteiger partial charge is 0.497 e. The summed E-state index contributed by atoms with van der Waals surface area (Å²) in [5, 5.41) is 3.69. The Balaban J connectivity index is 1.52. The third kappa shape index (κ3) is 5.09. The summed E-state index contributed by atoms with van der Waals surface area (Å²) in [5.74, 6) is 1.96. The molecule has 0 atom stereocenters. The zero-order chi connectivity index (χ0) is 17.5. The molecule has 132 valence electrons. The number of anilines is 2. The van der Waals surface area contributed by atoms with Crippen LogP contribution in [0.25, 0.3) is 0 Å². The summed E-state index contributed by atoms with van der Waals surface area (Å²) >= 11 is 1.42. The van der Waals surface area contributed by atoms with Gasteiger partial charge in [0.1, 0.15) is 22.9 Å². The minimum absolute atomic E-state index is 0.0618. The maximum Gasteiger partial charge on any atom is 0.234 e. The number of amides is 1. The van der Waals surface area contributed by atoms with Gasteiger partial charge in [-0.3, -0.25) is 4.79 Å². The lowest BCUT2D eigenvalue weighted by atomic mass is 10.1. The van der Waals surface area contributed by atoms with E-state index in [4.69, 9.17) is 4.74 Å². The molecule has 1 aromatic carbocycles. The molecule has 0 spiro atoms. The molecule has 7 heteroatoms. The van der Waals surface area contributed by atoms with Crippen molar-refractivity contribution in [3.8, 4) is 5.75 Å².